The SMILES string of the molecule is CCC(=O)COc1ccc2c(c1)CC(C)N(CC(C)(C)F)C2c1c(F)cc(/C=C/C(=O)O)cc1F. The molecule has 1 heterocycles. The van der Waals surface area contributed by atoms with Crippen LogP contribution in [0.2, 0.25) is 0 Å². The van der Waals surface area contributed by atoms with Gasteiger partial charge < -0.3 is 9.84 Å². The summed E-state index contributed by atoms with van der Waals surface area (Å²) in [6.07, 6.45) is 2.77. The van der Waals surface area contributed by atoms with E-state index in [0.717, 1.165) is 29.8 Å². The lowest BCUT2D eigenvalue weighted by molar-refractivity contribution is -0.131. The summed E-state index contributed by atoms with van der Waals surface area (Å²) in [7, 11) is 0. The minimum atomic E-state index is -1.62. The van der Waals surface area contributed by atoms with Crippen molar-refractivity contribution in [3.63, 3.8) is 0 Å². The van der Waals surface area contributed by atoms with Crippen LogP contribution in [0.5, 0.6) is 5.75 Å². The number of hydrogen-bond donors (Lipinski definition) is 1. The number of Topliss-reactive ketones (excluding diaryl/α,β-unsaturated/α-hetero) is 1. The molecule has 0 saturated heterocycles. The van der Waals surface area contributed by atoms with Gasteiger partial charge in [-0.3, -0.25) is 9.69 Å². The van der Waals surface area contributed by atoms with Gasteiger partial charge >= 0.3 is 5.97 Å². The van der Waals surface area contributed by atoms with Gasteiger partial charge in [0, 0.05) is 30.6 Å². The fraction of sp³-hybridized carbons (Fsp3) is 0.407. The van der Waals surface area contributed by atoms with Crippen LogP contribution in [0.15, 0.2) is 36.4 Å². The number of nitrogens with zero attached hydrogens (tertiary/aromatic N) is 1. The van der Waals surface area contributed by atoms with E-state index in [2.05, 4.69) is 0 Å². The van der Waals surface area contributed by atoms with Crippen molar-refractivity contribution in [1.29, 1.82) is 0 Å². The highest BCUT2D eigenvalue weighted by molar-refractivity contribution is 5.85. The van der Waals surface area contributed by atoms with Crippen LogP contribution in [0.1, 0.15) is 62.4 Å². The third-order valence-electron chi connectivity index (χ3n) is 5.97. The molecular formula is C27H30F3NO4. The van der Waals surface area contributed by atoms with Gasteiger partial charge in [0.2, 0.25) is 0 Å². The van der Waals surface area contributed by atoms with E-state index in [-0.39, 0.29) is 36.1 Å². The van der Waals surface area contributed by atoms with Crippen LogP contribution in [0.4, 0.5) is 13.2 Å². The Morgan fingerprint density at radius 3 is 2.43 bits per heavy atom. The van der Waals surface area contributed by atoms with Crippen LogP contribution in [-0.2, 0) is 16.0 Å². The molecule has 0 bridgehead atoms. The number of ketones is 1. The molecule has 188 valence electrons. The van der Waals surface area contributed by atoms with Gasteiger partial charge in [-0.2, -0.15) is 0 Å². The lowest BCUT2D eigenvalue weighted by Gasteiger charge is -2.44. The molecule has 0 amide bonds. The van der Waals surface area contributed by atoms with Gasteiger partial charge in [0.15, 0.2) is 5.78 Å². The van der Waals surface area contributed by atoms with E-state index in [1.165, 1.54) is 13.8 Å². The molecule has 0 spiro atoms. The van der Waals surface area contributed by atoms with Crippen LogP contribution >= 0.6 is 0 Å². The second-order valence-corrected chi connectivity index (χ2v) is 9.46. The van der Waals surface area contributed by atoms with E-state index in [9.17, 15) is 14.0 Å². The lowest BCUT2D eigenvalue weighted by atomic mass is 9.83. The number of aliphatic carboxylic acids is 1. The minimum absolute atomic E-state index is 0.0495. The molecule has 2 aromatic rings. The van der Waals surface area contributed by atoms with Crippen LogP contribution in [0, 0.1) is 11.6 Å². The molecule has 35 heavy (non-hydrogen) atoms. The van der Waals surface area contributed by atoms with E-state index in [1.807, 2.05) is 6.92 Å². The smallest absolute Gasteiger partial charge is 0.328 e. The Labute approximate surface area is 203 Å². The number of carbonyl (C=O) groups excluding carboxylic acids is 1. The topological polar surface area (TPSA) is 66.8 Å². The Morgan fingerprint density at radius 2 is 1.86 bits per heavy atom. The van der Waals surface area contributed by atoms with Gasteiger partial charge in [-0.05, 0) is 74.2 Å². The fourth-order valence-electron chi connectivity index (χ4n) is 4.38. The number of carboxylic acids is 1. The summed E-state index contributed by atoms with van der Waals surface area (Å²) >= 11 is 0. The Balaban J connectivity index is 2.10. The number of carbonyl (C=O) groups is 2. The van der Waals surface area contributed by atoms with E-state index < -0.39 is 29.3 Å². The molecule has 2 unspecified atom stereocenters. The lowest BCUT2D eigenvalue weighted by Crippen LogP contribution is -2.48. The van der Waals surface area contributed by atoms with Gasteiger partial charge in [0.25, 0.3) is 0 Å². The molecule has 3 rings (SSSR count). The highest BCUT2D eigenvalue weighted by Crippen LogP contribution is 2.42. The van der Waals surface area contributed by atoms with E-state index >= 15 is 8.78 Å². The minimum Gasteiger partial charge on any atom is -0.486 e. The molecule has 1 aliphatic rings. The summed E-state index contributed by atoms with van der Waals surface area (Å²) in [6, 6.07) is 6.09. The predicted octanol–water partition coefficient (Wildman–Crippen LogP) is 5.50. The summed E-state index contributed by atoms with van der Waals surface area (Å²) in [5, 5.41) is 8.81. The number of hydrogen-bond acceptors (Lipinski definition) is 4. The molecule has 0 fully saturated rings. The number of carboxylic acid groups (broad SMARTS) is 1. The second kappa shape index (κ2) is 10.6. The first-order chi connectivity index (χ1) is 16.4. The molecule has 2 aromatic carbocycles. The first kappa shape index (κ1) is 26.5. The van der Waals surface area contributed by atoms with Crippen molar-refractivity contribution < 1.29 is 32.6 Å². The Kier molecular flexibility index (Phi) is 8.05. The molecule has 1 N–H and O–H groups in total. The van der Waals surface area contributed by atoms with Crippen molar-refractivity contribution >= 4 is 17.8 Å². The number of ether oxygens (including phenoxy) is 1. The second-order valence-electron chi connectivity index (χ2n) is 9.46. The zero-order valence-corrected chi connectivity index (χ0v) is 20.3. The predicted molar refractivity (Wildman–Crippen MR) is 127 cm³/mol. The van der Waals surface area contributed by atoms with Crippen molar-refractivity contribution in [3.8, 4) is 5.75 Å². The maximum atomic E-state index is 15.4. The van der Waals surface area contributed by atoms with Gasteiger partial charge in [0.1, 0.15) is 29.7 Å². The average Bonchev–Trinajstić information content (AvgIpc) is 2.76. The largest absolute Gasteiger partial charge is 0.486 e. The third-order valence-corrected chi connectivity index (χ3v) is 5.97. The van der Waals surface area contributed by atoms with E-state index in [1.54, 1.807) is 30.0 Å². The third kappa shape index (κ3) is 6.51. The maximum absolute atomic E-state index is 15.4. The molecule has 1 aliphatic heterocycles. The Bertz CT molecular complexity index is 1120. The molecule has 0 aliphatic carbocycles. The Hall–Kier alpha value is -3.13. The van der Waals surface area contributed by atoms with Crippen LogP contribution in [0.25, 0.3) is 6.08 Å². The standard InChI is InChI=1S/C27H30F3NO4/c1-5-19(32)14-35-20-7-8-21-18(13-20)10-16(2)31(15-27(3,4)30)26(21)25-22(28)11-17(12-23(25)29)6-9-24(33)34/h6-9,11-13,16,26H,5,10,14-15H2,1-4H3,(H,33,34)/b9-6+. The number of alkyl halides is 1. The molecule has 2 atom stereocenters. The van der Waals surface area contributed by atoms with E-state index in [4.69, 9.17) is 9.84 Å². The van der Waals surface area contributed by atoms with E-state index in [0.29, 0.717) is 24.2 Å². The number of benzene rings is 2. The van der Waals surface area contributed by atoms with Crippen molar-refractivity contribution in [3.05, 3.63) is 70.3 Å². The zero-order chi connectivity index (χ0) is 25.9. The van der Waals surface area contributed by atoms with Crippen molar-refractivity contribution in [2.24, 2.45) is 0 Å². The van der Waals surface area contributed by atoms with Gasteiger partial charge in [0.05, 0.1) is 6.04 Å². The summed E-state index contributed by atoms with van der Waals surface area (Å²) in [5.74, 6) is -2.51. The van der Waals surface area contributed by atoms with Gasteiger partial charge in [-0.15, -0.1) is 0 Å². The molecule has 0 saturated carbocycles. The maximum Gasteiger partial charge on any atom is 0.328 e. The number of halogens is 3. The highest BCUT2D eigenvalue weighted by atomic mass is 19.1. The molecule has 8 heteroatoms. The number of fused-ring (bicyclic) bond motifs is 1. The van der Waals surface area contributed by atoms with Crippen molar-refractivity contribution in [1.82, 2.24) is 4.90 Å². The molecule has 0 radical (unpaired) electrons. The summed E-state index contributed by atoms with van der Waals surface area (Å²) < 4.78 is 51.1. The monoisotopic (exact) mass is 489 g/mol. The summed E-state index contributed by atoms with van der Waals surface area (Å²) in [6.45, 7) is 6.33. The molecule has 0 aromatic heterocycles. The van der Waals surface area contributed by atoms with Crippen molar-refractivity contribution in [2.45, 2.75) is 58.3 Å². The normalized spacial score (nSPS) is 18.5. The zero-order valence-electron chi connectivity index (χ0n) is 20.3. The van der Waals surface area contributed by atoms with Crippen LogP contribution < -0.4 is 4.74 Å². The quantitative estimate of drug-likeness (QED) is 0.471. The van der Waals surface area contributed by atoms with Crippen LogP contribution in [-0.4, -0.2) is 46.6 Å². The summed E-state index contributed by atoms with van der Waals surface area (Å²) in [4.78, 5) is 24.2. The fourth-order valence-corrected chi connectivity index (χ4v) is 4.38. The number of rotatable bonds is 9. The molecule has 5 nitrogen and oxygen atoms in total. The van der Waals surface area contributed by atoms with Gasteiger partial charge in [-0.25, -0.2) is 18.0 Å². The first-order valence-corrected chi connectivity index (χ1v) is 11.5. The van der Waals surface area contributed by atoms with Crippen molar-refractivity contribution in [2.75, 3.05) is 13.2 Å². The first-order valence-electron chi connectivity index (χ1n) is 11.5. The summed E-state index contributed by atoms with van der Waals surface area (Å²) in [5.41, 5.74) is -0.370. The highest BCUT2D eigenvalue weighted by Gasteiger charge is 2.39. The molecular weight excluding hydrogens is 459 g/mol. The average molecular weight is 490 g/mol. The Morgan fingerprint density at radius 1 is 1.20 bits per heavy atom. The van der Waals surface area contributed by atoms with Crippen LogP contribution in [0.3, 0.4) is 0 Å². The van der Waals surface area contributed by atoms with Gasteiger partial charge in [-0.1, -0.05) is 13.0 Å².